The van der Waals surface area contributed by atoms with Crippen LogP contribution in [0.15, 0.2) is 42.5 Å². The second kappa shape index (κ2) is 6.85. The molecule has 2 aromatic rings. The average molecular weight is 298 g/mol. The Morgan fingerprint density at radius 1 is 1.18 bits per heavy atom. The molecular weight excluding hydrogens is 280 g/mol. The molecule has 0 fully saturated rings. The summed E-state index contributed by atoms with van der Waals surface area (Å²) in [5.41, 5.74) is 3.32. The number of carbonyl (C=O) groups is 1. The Kier molecular flexibility index (Phi) is 4.88. The fraction of sp³-hybridized carbons (Fsp3) is 0.235. The van der Waals surface area contributed by atoms with Gasteiger partial charge in [-0.1, -0.05) is 35.9 Å². The van der Waals surface area contributed by atoms with Gasteiger partial charge in [-0.05, 0) is 31.4 Å². The average Bonchev–Trinajstić information content (AvgIpc) is 2.47. The number of nitro groups is 1. The zero-order chi connectivity index (χ0) is 16.1. The van der Waals surface area contributed by atoms with Gasteiger partial charge in [0.1, 0.15) is 0 Å². The lowest BCUT2D eigenvalue weighted by atomic mass is 10.1. The van der Waals surface area contributed by atoms with Crippen molar-refractivity contribution in [1.29, 1.82) is 0 Å². The second-order valence-corrected chi connectivity index (χ2v) is 5.25. The van der Waals surface area contributed by atoms with E-state index < -0.39 is 4.92 Å². The number of aryl methyl sites for hydroxylation is 2. The first-order valence-corrected chi connectivity index (χ1v) is 7.06. The fourth-order valence-electron chi connectivity index (χ4n) is 2.25. The normalized spacial score (nSPS) is 10.3. The van der Waals surface area contributed by atoms with E-state index in [1.54, 1.807) is 13.0 Å². The summed E-state index contributed by atoms with van der Waals surface area (Å²) in [7, 11) is 0. The van der Waals surface area contributed by atoms with Crippen molar-refractivity contribution in [2.75, 3.05) is 6.54 Å². The summed E-state index contributed by atoms with van der Waals surface area (Å²) in [6, 6.07) is 12.4. The Balaban J connectivity index is 2.00. The van der Waals surface area contributed by atoms with Crippen LogP contribution in [0.2, 0.25) is 0 Å². The predicted molar refractivity (Wildman–Crippen MR) is 85.0 cm³/mol. The van der Waals surface area contributed by atoms with Gasteiger partial charge in [0.05, 0.1) is 4.92 Å². The van der Waals surface area contributed by atoms with E-state index in [0.717, 1.165) is 17.5 Å². The van der Waals surface area contributed by atoms with Gasteiger partial charge in [0.2, 0.25) is 0 Å². The Labute approximate surface area is 129 Å². The van der Waals surface area contributed by atoms with E-state index >= 15 is 0 Å². The molecule has 0 bridgehead atoms. The highest BCUT2D eigenvalue weighted by Crippen LogP contribution is 2.17. The van der Waals surface area contributed by atoms with E-state index in [0.29, 0.717) is 12.1 Å². The van der Waals surface area contributed by atoms with Crippen molar-refractivity contribution in [3.8, 4) is 0 Å². The molecule has 2 aromatic carbocycles. The molecule has 1 amide bonds. The molecule has 1 N–H and O–H groups in total. The molecule has 22 heavy (non-hydrogen) atoms. The van der Waals surface area contributed by atoms with Crippen molar-refractivity contribution in [2.24, 2.45) is 0 Å². The van der Waals surface area contributed by atoms with Crippen LogP contribution in [-0.4, -0.2) is 17.4 Å². The Hall–Kier alpha value is -2.69. The SMILES string of the molecule is Cc1cccc(CCNC(=O)c2cc([N+](=O)[O-])ccc2C)c1. The van der Waals surface area contributed by atoms with Crippen molar-refractivity contribution in [1.82, 2.24) is 5.32 Å². The molecule has 0 radical (unpaired) electrons. The van der Waals surface area contributed by atoms with Crippen LogP contribution in [0, 0.1) is 24.0 Å². The highest BCUT2D eigenvalue weighted by atomic mass is 16.6. The molecule has 0 saturated carbocycles. The summed E-state index contributed by atoms with van der Waals surface area (Å²) >= 11 is 0. The third-order valence-corrected chi connectivity index (χ3v) is 3.46. The smallest absolute Gasteiger partial charge is 0.270 e. The van der Waals surface area contributed by atoms with E-state index in [4.69, 9.17) is 0 Å². The third kappa shape index (κ3) is 3.91. The van der Waals surface area contributed by atoms with E-state index in [9.17, 15) is 14.9 Å². The number of nitrogens with one attached hydrogen (secondary N) is 1. The Morgan fingerprint density at radius 2 is 1.95 bits per heavy atom. The highest BCUT2D eigenvalue weighted by molar-refractivity contribution is 5.96. The zero-order valence-corrected chi connectivity index (χ0v) is 12.6. The van der Waals surface area contributed by atoms with Crippen LogP contribution in [0.5, 0.6) is 0 Å². The lowest BCUT2D eigenvalue weighted by molar-refractivity contribution is -0.384. The molecule has 0 saturated heterocycles. The van der Waals surface area contributed by atoms with Crippen LogP contribution >= 0.6 is 0 Å². The number of amides is 1. The number of benzene rings is 2. The lowest BCUT2D eigenvalue weighted by Gasteiger charge is -2.08. The van der Waals surface area contributed by atoms with Crippen molar-refractivity contribution >= 4 is 11.6 Å². The molecule has 0 spiro atoms. The van der Waals surface area contributed by atoms with Crippen LogP contribution in [0.25, 0.3) is 0 Å². The van der Waals surface area contributed by atoms with Gasteiger partial charge in [0, 0.05) is 24.2 Å². The van der Waals surface area contributed by atoms with Crippen LogP contribution < -0.4 is 5.32 Å². The molecule has 0 aliphatic carbocycles. The first-order valence-electron chi connectivity index (χ1n) is 7.06. The number of non-ortho nitro benzene ring substituents is 1. The molecule has 5 heteroatoms. The van der Waals surface area contributed by atoms with E-state index in [1.807, 2.05) is 25.1 Å². The van der Waals surface area contributed by atoms with Gasteiger partial charge in [-0.2, -0.15) is 0 Å². The molecule has 0 unspecified atom stereocenters. The molecular formula is C17H18N2O3. The van der Waals surface area contributed by atoms with Crippen molar-refractivity contribution in [2.45, 2.75) is 20.3 Å². The molecule has 0 heterocycles. The summed E-state index contributed by atoms with van der Waals surface area (Å²) in [4.78, 5) is 22.5. The van der Waals surface area contributed by atoms with E-state index in [1.165, 1.54) is 17.7 Å². The molecule has 2 rings (SSSR count). The van der Waals surface area contributed by atoms with Gasteiger partial charge >= 0.3 is 0 Å². The van der Waals surface area contributed by atoms with Crippen molar-refractivity contribution in [3.63, 3.8) is 0 Å². The second-order valence-electron chi connectivity index (χ2n) is 5.25. The van der Waals surface area contributed by atoms with Gasteiger partial charge in [0.15, 0.2) is 0 Å². The molecule has 0 aromatic heterocycles. The number of hydrogen-bond acceptors (Lipinski definition) is 3. The summed E-state index contributed by atoms with van der Waals surface area (Å²) in [5, 5.41) is 13.6. The maximum Gasteiger partial charge on any atom is 0.270 e. The summed E-state index contributed by atoms with van der Waals surface area (Å²) in [5.74, 6) is -0.283. The van der Waals surface area contributed by atoms with Gasteiger partial charge < -0.3 is 5.32 Å². The van der Waals surface area contributed by atoms with Crippen molar-refractivity contribution < 1.29 is 9.72 Å². The van der Waals surface area contributed by atoms with E-state index in [2.05, 4.69) is 11.4 Å². The molecule has 0 aliphatic heterocycles. The zero-order valence-electron chi connectivity index (χ0n) is 12.6. The number of rotatable bonds is 5. The highest BCUT2D eigenvalue weighted by Gasteiger charge is 2.14. The van der Waals surface area contributed by atoms with Crippen LogP contribution in [0.3, 0.4) is 0 Å². The molecule has 5 nitrogen and oxygen atoms in total. The minimum atomic E-state index is -0.497. The topological polar surface area (TPSA) is 72.2 Å². The van der Waals surface area contributed by atoms with Crippen molar-refractivity contribution in [3.05, 3.63) is 74.8 Å². The van der Waals surface area contributed by atoms with Gasteiger partial charge in [-0.25, -0.2) is 0 Å². The van der Waals surface area contributed by atoms with Gasteiger partial charge in [-0.3, -0.25) is 14.9 Å². The van der Waals surface area contributed by atoms with Crippen LogP contribution in [0.4, 0.5) is 5.69 Å². The Morgan fingerprint density at radius 3 is 2.64 bits per heavy atom. The predicted octanol–water partition coefficient (Wildman–Crippen LogP) is 3.18. The van der Waals surface area contributed by atoms with E-state index in [-0.39, 0.29) is 11.6 Å². The van der Waals surface area contributed by atoms with Gasteiger partial charge in [0.25, 0.3) is 11.6 Å². The third-order valence-electron chi connectivity index (χ3n) is 3.46. The number of hydrogen-bond donors (Lipinski definition) is 1. The summed E-state index contributed by atoms with van der Waals surface area (Å²) < 4.78 is 0. The van der Waals surface area contributed by atoms with Crippen LogP contribution in [-0.2, 0) is 6.42 Å². The molecule has 114 valence electrons. The minimum absolute atomic E-state index is 0.0746. The largest absolute Gasteiger partial charge is 0.352 e. The fourth-order valence-corrected chi connectivity index (χ4v) is 2.25. The number of carbonyl (C=O) groups excluding carboxylic acids is 1. The summed E-state index contributed by atoms with van der Waals surface area (Å²) in [6.45, 7) is 4.28. The summed E-state index contributed by atoms with van der Waals surface area (Å²) in [6.07, 6.45) is 0.724. The quantitative estimate of drug-likeness (QED) is 0.680. The number of nitrogens with zero attached hydrogens (tertiary/aromatic N) is 1. The first-order chi connectivity index (χ1) is 10.5. The number of nitro benzene ring substituents is 1. The Bertz CT molecular complexity index is 711. The monoisotopic (exact) mass is 298 g/mol. The standard InChI is InChI=1S/C17H18N2O3/c1-12-4-3-5-14(10-12)8-9-18-17(20)16-11-15(19(21)22)7-6-13(16)2/h3-7,10-11H,8-9H2,1-2H3,(H,18,20). The minimum Gasteiger partial charge on any atom is -0.352 e. The first kappa shape index (κ1) is 15.7. The maximum atomic E-state index is 12.2. The molecule has 0 atom stereocenters. The molecule has 0 aliphatic rings. The van der Waals surface area contributed by atoms with Crippen LogP contribution in [0.1, 0.15) is 27.0 Å². The van der Waals surface area contributed by atoms with Gasteiger partial charge in [-0.15, -0.1) is 0 Å². The maximum absolute atomic E-state index is 12.2. The lowest BCUT2D eigenvalue weighted by Crippen LogP contribution is -2.26.